The van der Waals surface area contributed by atoms with Crippen molar-refractivity contribution in [1.29, 1.82) is 0 Å². The van der Waals surface area contributed by atoms with Crippen molar-refractivity contribution in [3.8, 4) is 28.4 Å². The summed E-state index contributed by atoms with van der Waals surface area (Å²) >= 11 is 1.05. The van der Waals surface area contributed by atoms with Gasteiger partial charge in [0.25, 0.3) is 0 Å². The summed E-state index contributed by atoms with van der Waals surface area (Å²) in [5.41, 5.74) is 2.59. The Bertz CT molecular complexity index is 1460. The largest absolute Gasteiger partial charge is 0.497 e. The van der Waals surface area contributed by atoms with Crippen LogP contribution in [0.5, 0.6) is 5.75 Å². The summed E-state index contributed by atoms with van der Waals surface area (Å²) in [6.45, 7) is 0. The van der Waals surface area contributed by atoms with Crippen molar-refractivity contribution in [3.63, 3.8) is 0 Å². The van der Waals surface area contributed by atoms with Gasteiger partial charge in [0.15, 0.2) is 11.0 Å². The summed E-state index contributed by atoms with van der Waals surface area (Å²) in [4.78, 5) is 30.1. The lowest BCUT2D eigenvalue weighted by Gasteiger charge is -2.10. The van der Waals surface area contributed by atoms with Gasteiger partial charge in [-0.25, -0.2) is 19.7 Å². The Hall–Kier alpha value is -4.37. The highest BCUT2D eigenvalue weighted by molar-refractivity contribution is 7.18. The van der Waals surface area contributed by atoms with Crippen LogP contribution in [0, 0.1) is 0 Å². The highest BCUT2D eigenvalue weighted by Gasteiger charge is 2.20. The van der Waals surface area contributed by atoms with Gasteiger partial charge in [-0.1, -0.05) is 41.7 Å². The fourth-order valence-corrected chi connectivity index (χ4v) is 4.19. The molecule has 5 rings (SSSR count). The number of nitrogens with one attached hydrogen (secondary N) is 1. The maximum Gasteiger partial charge on any atom is 0.348 e. The minimum atomic E-state index is -1.04. The van der Waals surface area contributed by atoms with Gasteiger partial charge in [0.2, 0.25) is 0 Å². The summed E-state index contributed by atoms with van der Waals surface area (Å²) in [5, 5.41) is 14.1. The number of nitrogens with zero attached hydrogens (tertiary/aromatic N) is 4. The number of hydrogen-bond donors (Lipinski definition) is 2. The molecule has 2 aromatic carbocycles. The van der Waals surface area contributed by atoms with E-state index in [0.717, 1.165) is 27.8 Å². The maximum absolute atomic E-state index is 11.9. The topological polar surface area (TPSA) is 110 Å². The van der Waals surface area contributed by atoms with Crippen LogP contribution in [-0.4, -0.2) is 38.1 Å². The second-order valence-electron chi connectivity index (χ2n) is 7.01. The number of carboxylic acids is 1. The zero-order chi connectivity index (χ0) is 22.8. The third kappa shape index (κ3) is 4.09. The van der Waals surface area contributed by atoms with Crippen molar-refractivity contribution in [2.45, 2.75) is 0 Å². The quantitative estimate of drug-likeness (QED) is 0.356. The Morgan fingerprint density at radius 2 is 1.82 bits per heavy atom. The molecule has 0 aliphatic carbocycles. The first kappa shape index (κ1) is 20.5. The average Bonchev–Trinajstić information content (AvgIpc) is 3.29. The number of carbonyl (C=O) groups is 1. The lowest BCUT2D eigenvalue weighted by atomic mass is 10.1. The summed E-state index contributed by atoms with van der Waals surface area (Å²) in [6, 6.07) is 18.4. The number of carboxylic acid groups (broad SMARTS) is 1. The Kier molecular flexibility index (Phi) is 5.37. The van der Waals surface area contributed by atoms with E-state index in [2.05, 4.69) is 20.3 Å². The van der Waals surface area contributed by atoms with Crippen molar-refractivity contribution in [3.05, 3.63) is 77.9 Å². The molecule has 0 spiro atoms. The van der Waals surface area contributed by atoms with Gasteiger partial charge in [0, 0.05) is 28.9 Å². The van der Waals surface area contributed by atoms with E-state index in [4.69, 9.17) is 9.72 Å². The summed E-state index contributed by atoms with van der Waals surface area (Å²) in [5.74, 6) is 0.591. The van der Waals surface area contributed by atoms with Crippen LogP contribution in [0.25, 0.3) is 33.5 Å². The van der Waals surface area contributed by atoms with E-state index in [1.807, 2.05) is 60.7 Å². The number of hydrogen-bond acceptors (Lipinski definition) is 8. The number of anilines is 2. The van der Waals surface area contributed by atoms with Gasteiger partial charge >= 0.3 is 5.97 Å². The molecule has 0 radical (unpaired) electrons. The third-order valence-corrected chi connectivity index (χ3v) is 5.88. The summed E-state index contributed by atoms with van der Waals surface area (Å²) in [7, 11) is 1.59. The van der Waals surface area contributed by atoms with Crippen molar-refractivity contribution < 1.29 is 14.6 Å². The number of aromatic nitrogens is 4. The second kappa shape index (κ2) is 8.64. The van der Waals surface area contributed by atoms with Crippen LogP contribution >= 0.6 is 11.3 Å². The molecule has 162 valence electrons. The molecule has 3 aromatic heterocycles. The number of methoxy groups -OCH3 is 1. The molecule has 8 nitrogen and oxygen atoms in total. The van der Waals surface area contributed by atoms with Gasteiger partial charge in [-0.05, 0) is 30.3 Å². The first-order valence-electron chi connectivity index (χ1n) is 9.95. The predicted octanol–water partition coefficient (Wildman–Crippen LogP) is 5.27. The van der Waals surface area contributed by atoms with Crippen molar-refractivity contribution in [2.75, 3.05) is 12.4 Å². The number of rotatable bonds is 6. The monoisotopic (exact) mass is 455 g/mol. The van der Waals surface area contributed by atoms with Crippen LogP contribution in [0.4, 0.5) is 10.9 Å². The average molecular weight is 455 g/mol. The van der Waals surface area contributed by atoms with E-state index in [-0.39, 0.29) is 4.88 Å². The lowest BCUT2D eigenvalue weighted by molar-refractivity contribution is 0.0702. The summed E-state index contributed by atoms with van der Waals surface area (Å²) in [6.07, 6.45) is 3.37. The van der Waals surface area contributed by atoms with Gasteiger partial charge < -0.3 is 15.2 Å². The smallest absolute Gasteiger partial charge is 0.348 e. The summed E-state index contributed by atoms with van der Waals surface area (Å²) < 4.78 is 5.37. The molecule has 0 saturated carbocycles. The minimum Gasteiger partial charge on any atom is -0.497 e. The molecule has 33 heavy (non-hydrogen) atoms. The molecule has 0 bridgehead atoms. The molecule has 0 fully saturated rings. The van der Waals surface area contributed by atoms with Crippen LogP contribution in [0.3, 0.4) is 0 Å². The van der Waals surface area contributed by atoms with Crippen LogP contribution in [0.15, 0.2) is 73.1 Å². The molecule has 0 amide bonds. The van der Waals surface area contributed by atoms with Crippen molar-refractivity contribution >= 4 is 39.2 Å². The Morgan fingerprint density at radius 1 is 1.00 bits per heavy atom. The Balaban J connectivity index is 1.64. The van der Waals surface area contributed by atoms with E-state index in [1.165, 1.54) is 0 Å². The molecule has 0 unspecified atom stereocenters. The Morgan fingerprint density at radius 3 is 2.55 bits per heavy atom. The maximum atomic E-state index is 11.9. The van der Waals surface area contributed by atoms with Crippen molar-refractivity contribution in [1.82, 2.24) is 19.9 Å². The highest BCUT2D eigenvalue weighted by atomic mass is 32.1. The number of fused-ring (bicyclic) bond motifs is 1. The van der Waals surface area contributed by atoms with Crippen LogP contribution in [-0.2, 0) is 0 Å². The lowest BCUT2D eigenvalue weighted by Crippen LogP contribution is -2.00. The van der Waals surface area contributed by atoms with Crippen molar-refractivity contribution in [2.24, 2.45) is 0 Å². The molecule has 2 N–H and O–H groups in total. The van der Waals surface area contributed by atoms with Gasteiger partial charge in [-0.2, -0.15) is 0 Å². The van der Waals surface area contributed by atoms with Gasteiger partial charge in [-0.15, -0.1) is 0 Å². The normalized spacial score (nSPS) is 10.8. The number of benzene rings is 2. The molecular weight excluding hydrogens is 438 g/mol. The van der Waals surface area contributed by atoms with E-state index < -0.39 is 5.97 Å². The SMILES string of the molecule is COc1ccc2nc(-c3cccnc3)nc(Nc3nc(-c4ccccc4)c(C(=O)O)s3)c2c1. The Labute approximate surface area is 192 Å². The number of ether oxygens (including phenoxy) is 1. The molecule has 0 aliphatic rings. The zero-order valence-electron chi connectivity index (χ0n) is 17.4. The molecule has 3 heterocycles. The first-order chi connectivity index (χ1) is 16.1. The predicted molar refractivity (Wildman–Crippen MR) is 127 cm³/mol. The van der Waals surface area contributed by atoms with E-state index in [0.29, 0.717) is 33.7 Å². The molecule has 9 heteroatoms. The molecule has 0 saturated heterocycles. The first-order valence-corrected chi connectivity index (χ1v) is 10.8. The highest BCUT2D eigenvalue weighted by Crippen LogP contribution is 2.35. The standard InChI is InChI=1S/C24H17N5O3S/c1-32-16-9-10-18-17(12-16)22(28-21(26-18)15-8-5-11-25-13-15)29-24-27-19(20(33-24)23(30)31)14-6-3-2-4-7-14/h2-13H,1H3,(H,30,31)(H,26,27,28,29). The minimum absolute atomic E-state index is 0.145. The third-order valence-electron chi connectivity index (χ3n) is 4.92. The van der Waals surface area contributed by atoms with Crippen LogP contribution in [0.1, 0.15) is 9.67 Å². The van der Waals surface area contributed by atoms with Crippen LogP contribution < -0.4 is 10.1 Å². The van der Waals surface area contributed by atoms with E-state index in [1.54, 1.807) is 19.5 Å². The number of thiazole rings is 1. The van der Waals surface area contributed by atoms with Crippen LogP contribution in [0.2, 0.25) is 0 Å². The molecular formula is C24H17N5O3S. The number of aromatic carboxylic acids is 1. The van der Waals surface area contributed by atoms with Gasteiger partial charge in [0.1, 0.15) is 16.4 Å². The van der Waals surface area contributed by atoms with Gasteiger partial charge in [0.05, 0.1) is 18.3 Å². The fourth-order valence-electron chi connectivity index (χ4n) is 3.37. The van der Waals surface area contributed by atoms with Gasteiger partial charge in [-0.3, -0.25) is 4.98 Å². The molecule has 0 aliphatic heterocycles. The number of pyridine rings is 1. The fraction of sp³-hybridized carbons (Fsp3) is 0.0417. The zero-order valence-corrected chi connectivity index (χ0v) is 18.2. The second-order valence-corrected chi connectivity index (χ2v) is 8.01. The molecule has 0 atom stereocenters. The molecule has 5 aromatic rings. The van der Waals surface area contributed by atoms with E-state index >= 15 is 0 Å². The van der Waals surface area contributed by atoms with E-state index in [9.17, 15) is 9.90 Å².